The first-order valence-corrected chi connectivity index (χ1v) is 9.76. The SMILES string of the molecule is O=C(C=Cc1ccc(O)cc1)c1ccccc1NS(=O)(=O)c1cccc(O)c1. The summed E-state index contributed by atoms with van der Waals surface area (Å²) < 4.78 is 27.5. The molecule has 0 spiro atoms. The molecular formula is C21H17NO5S. The van der Waals surface area contributed by atoms with Crippen molar-refractivity contribution in [3.05, 3.63) is 90.0 Å². The summed E-state index contributed by atoms with van der Waals surface area (Å²) in [7, 11) is -3.98. The second-order valence-electron chi connectivity index (χ2n) is 5.94. The van der Waals surface area contributed by atoms with Gasteiger partial charge in [0.05, 0.1) is 10.6 Å². The smallest absolute Gasteiger partial charge is 0.262 e. The summed E-state index contributed by atoms with van der Waals surface area (Å²) in [5, 5.41) is 18.8. The van der Waals surface area contributed by atoms with Crippen molar-refractivity contribution >= 4 is 27.6 Å². The predicted molar refractivity (Wildman–Crippen MR) is 107 cm³/mol. The standard InChI is InChI=1S/C21H17NO5S/c23-16-11-8-15(9-12-16)10-13-21(25)19-6-1-2-7-20(19)22-28(26,27)18-5-3-4-17(24)14-18/h1-14,22-24H. The van der Waals surface area contributed by atoms with Crippen molar-refractivity contribution in [1.29, 1.82) is 0 Å². The van der Waals surface area contributed by atoms with E-state index in [0.717, 1.165) is 6.07 Å². The van der Waals surface area contributed by atoms with Gasteiger partial charge in [0.15, 0.2) is 5.78 Å². The molecule has 0 radical (unpaired) electrons. The first-order chi connectivity index (χ1) is 13.3. The van der Waals surface area contributed by atoms with Crippen LogP contribution in [-0.4, -0.2) is 24.4 Å². The average molecular weight is 395 g/mol. The maximum atomic E-state index is 12.6. The number of phenols is 2. The van der Waals surface area contributed by atoms with Crippen LogP contribution in [0.3, 0.4) is 0 Å². The fraction of sp³-hybridized carbons (Fsp3) is 0. The number of aromatic hydroxyl groups is 2. The highest BCUT2D eigenvalue weighted by molar-refractivity contribution is 7.92. The molecule has 3 aromatic rings. The summed E-state index contributed by atoms with van der Waals surface area (Å²) in [4.78, 5) is 12.5. The number of benzene rings is 3. The van der Waals surface area contributed by atoms with E-state index in [1.165, 1.54) is 48.5 Å². The number of allylic oxidation sites excluding steroid dienone is 1. The zero-order chi connectivity index (χ0) is 20.1. The van der Waals surface area contributed by atoms with Crippen LogP contribution in [0, 0.1) is 0 Å². The van der Waals surface area contributed by atoms with Gasteiger partial charge in [-0.15, -0.1) is 0 Å². The Bertz CT molecular complexity index is 1140. The highest BCUT2D eigenvalue weighted by atomic mass is 32.2. The highest BCUT2D eigenvalue weighted by Gasteiger charge is 2.18. The van der Waals surface area contributed by atoms with Crippen LogP contribution in [0.15, 0.2) is 83.8 Å². The number of para-hydroxylation sites is 1. The van der Waals surface area contributed by atoms with Crippen LogP contribution in [0.5, 0.6) is 11.5 Å². The Morgan fingerprint density at radius 3 is 2.29 bits per heavy atom. The van der Waals surface area contributed by atoms with E-state index in [-0.39, 0.29) is 33.4 Å². The molecule has 0 atom stereocenters. The van der Waals surface area contributed by atoms with E-state index < -0.39 is 10.0 Å². The lowest BCUT2D eigenvalue weighted by atomic mass is 10.1. The number of phenolic OH excluding ortho intramolecular Hbond substituents is 2. The van der Waals surface area contributed by atoms with E-state index in [1.807, 2.05) is 0 Å². The topological polar surface area (TPSA) is 104 Å². The van der Waals surface area contributed by atoms with Crippen molar-refractivity contribution in [2.75, 3.05) is 4.72 Å². The van der Waals surface area contributed by atoms with Gasteiger partial charge in [0, 0.05) is 11.6 Å². The van der Waals surface area contributed by atoms with Gasteiger partial charge in [-0.05, 0) is 48.0 Å². The van der Waals surface area contributed by atoms with Gasteiger partial charge >= 0.3 is 0 Å². The normalized spacial score (nSPS) is 11.4. The van der Waals surface area contributed by atoms with E-state index in [9.17, 15) is 23.4 Å². The Hall–Kier alpha value is -3.58. The molecule has 0 fully saturated rings. The van der Waals surface area contributed by atoms with Gasteiger partial charge in [0.2, 0.25) is 0 Å². The molecule has 3 aromatic carbocycles. The minimum absolute atomic E-state index is 0.116. The van der Waals surface area contributed by atoms with Gasteiger partial charge in [0.1, 0.15) is 11.5 Å². The van der Waals surface area contributed by atoms with Crippen LogP contribution < -0.4 is 4.72 Å². The molecular weight excluding hydrogens is 378 g/mol. The van der Waals surface area contributed by atoms with Crippen LogP contribution in [0.2, 0.25) is 0 Å². The number of hydrogen-bond acceptors (Lipinski definition) is 5. The molecule has 28 heavy (non-hydrogen) atoms. The number of hydrogen-bond donors (Lipinski definition) is 3. The minimum atomic E-state index is -3.98. The third-order valence-corrected chi connectivity index (χ3v) is 5.25. The zero-order valence-electron chi connectivity index (χ0n) is 14.6. The third-order valence-electron chi connectivity index (χ3n) is 3.89. The number of anilines is 1. The van der Waals surface area contributed by atoms with Crippen LogP contribution in [0.4, 0.5) is 5.69 Å². The summed E-state index contributed by atoms with van der Waals surface area (Å²) in [5.41, 5.74) is 1.02. The summed E-state index contributed by atoms with van der Waals surface area (Å²) in [6.07, 6.45) is 2.90. The van der Waals surface area contributed by atoms with Crippen LogP contribution >= 0.6 is 0 Å². The number of nitrogens with one attached hydrogen (secondary N) is 1. The van der Waals surface area contributed by atoms with Gasteiger partial charge in [-0.25, -0.2) is 8.42 Å². The molecule has 6 nitrogen and oxygen atoms in total. The van der Waals surface area contributed by atoms with E-state index >= 15 is 0 Å². The summed E-state index contributed by atoms with van der Waals surface area (Å²) in [6, 6.07) is 17.8. The molecule has 3 rings (SSSR count). The molecule has 0 aliphatic rings. The van der Waals surface area contributed by atoms with Crippen LogP contribution in [0.25, 0.3) is 6.08 Å². The van der Waals surface area contributed by atoms with Gasteiger partial charge in [-0.2, -0.15) is 0 Å². The molecule has 3 N–H and O–H groups in total. The quantitative estimate of drug-likeness (QED) is 0.435. The second kappa shape index (κ2) is 7.98. The molecule has 0 unspecified atom stereocenters. The minimum Gasteiger partial charge on any atom is -0.508 e. The van der Waals surface area contributed by atoms with E-state index in [4.69, 9.17) is 0 Å². The van der Waals surface area contributed by atoms with Crippen LogP contribution in [-0.2, 0) is 10.0 Å². The molecule has 0 heterocycles. The molecule has 0 bridgehead atoms. The Balaban J connectivity index is 1.86. The fourth-order valence-electron chi connectivity index (χ4n) is 2.49. The Morgan fingerprint density at radius 2 is 1.57 bits per heavy atom. The number of ketones is 1. The summed E-state index contributed by atoms with van der Waals surface area (Å²) >= 11 is 0. The fourth-order valence-corrected chi connectivity index (χ4v) is 3.61. The largest absolute Gasteiger partial charge is 0.508 e. The molecule has 0 saturated carbocycles. The van der Waals surface area contributed by atoms with Crippen molar-refractivity contribution in [2.45, 2.75) is 4.90 Å². The predicted octanol–water partition coefficient (Wildman–Crippen LogP) is 3.79. The van der Waals surface area contributed by atoms with Crippen molar-refractivity contribution in [3.8, 4) is 11.5 Å². The molecule has 0 aliphatic heterocycles. The highest BCUT2D eigenvalue weighted by Crippen LogP contribution is 2.23. The molecule has 142 valence electrons. The lowest BCUT2D eigenvalue weighted by Gasteiger charge is -2.11. The van der Waals surface area contributed by atoms with Gasteiger partial charge in [-0.1, -0.05) is 36.4 Å². The lowest BCUT2D eigenvalue weighted by molar-refractivity contribution is 0.104. The zero-order valence-corrected chi connectivity index (χ0v) is 15.4. The van der Waals surface area contributed by atoms with E-state index in [1.54, 1.807) is 30.3 Å². The Kier molecular flexibility index (Phi) is 5.47. The maximum absolute atomic E-state index is 12.6. The lowest BCUT2D eigenvalue weighted by Crippen LogP contribution is -2.15. The van der Waals surface area contributed by atoms with E-state index in [2.05, 4.69) is 4.72 Å². The van der Waals surface area contributed by atoms with E-state index in [0.29, 0.717) is 5.56 Å². The van der Waals surface area contributed by atoms with Crippen molar-refractivity contribution in [2.24, 2.45) is 0 Å². The molecule has 0 amide bonds. The molecule has 0 aromatic heterocycles. The second-order valence-corrected chi connectivity index (χ2v) is 7.62. The number of sulfonamides is 1. The third kappa shape index (κ3) is 4.57. The summed E-state index contributed by atoms with van der Waals surface area (Å²) in [6.45, 7) is 0. The number of carbonyl (C=O) groups excluding carboxylic acids is 1. The molecule has 0 saturated heterocycles. The van der Waals surface area contributed by atoms with Gasteiger partial charge in [0.25, 0.3) is 10.0 Å². The van der Waals surface area contributed by atoms with Crippen molar-refractivity contribution in [1.82, 2.24) is 0 Å². The summed E-state index contributed by atoms with van der Waals surface area (Å²) in [5.74, 6) is -0.443. The first-order valence-electron chi connectivity index (χ1n) is 8.27. The monoisotopic (exact) mass is 395 g/mol. The first kappa shape index (κ1) is 19.2. The Morgan fingerprint density at radius 1 is 0.857 bits per heavy atom. The van der Waals surface area contributed by atoms with Crippen molar-refractivity contribution < 1.29 is 23.4 Å². The Labute approximate surface area is 162 Å². The van der Waals surface area contributed by atoms with Gasteiger partial charge in [-0.3, -0.25) is 9.52 Å². The average Bonchev–Trinajstić information content (AvgIpc) is 2.67. The van der Waals surface area contributed by atoms with Crippen molar-refractivity contribution in [3.63, 3.8) is 0 Å². The number of carbonyl (C=O) groups is 1. The number of rotatable bonds is 6. The maximum Gasteiger partial charge on any atom is 0.262 e. The van der Waals surface area contributed by atoms with Gasteiger partial charge < -0.3 is 10.2 Å². The van der Waals surface area contributed by atoms with Crippen LogP contribution in [0.1, 0.15) is 15.9 Å². The molecule has 0 aliphatic carbocycles. The molecule has 7 heteroatoms.